The first kappa shape index (κ1) is 26.3. The van der Waals surface area contributed by atoms with Crippen LogP contribution >= 0.6 is 23.2 Å². The van der Waals surface area contributed by atoms with Crippen LogP contribution in [0.15, 0.2) is 54.7 Å². The maximum Gasteiger partial charge on any atom is 0.261 e. The second-order valence-corrected chi connectivity index (χ2v) is 11.6. The number of carbonyl (C=O) groups is 2. The topological polar surface area (TPSA) is 103 Å². The number of rotatable bonds is 6. The van der Waals surface area contributed by atoms with Crippen molar-refractivity contribution < 1.29 is 18.5 Å². The lowest BCUT2D eigenvalue weighted by atomic mass is 9.94. The van der Waals surface area contributed by atoms with Crippen LogP contribution in [0, 0.1) is 0 Å². The first-order chi connectivity index (χ1) is 18.2. The lowest BCUT2D eigenvalue weighted by molar-refractivity contribution is -0.112. The monoisotopic (exact) mass is 570 g/mol. The maximum absolute atomic E-state index is 13.7. The van der Waals surface area contributed by atoms with Crippen LogP contribution in [0.2, 0.25) is 10.0 Å². The number of hydrogen-bond acceptors (Lipinski definition) is 6. The SMILES string of the molecule is CCOc1nn2c(-c3ccc(Cl)cc3)c(-c3ccccc3Cl)cnc2c1C(=O)NC1(C)CCS(=O)C(=O)C1. The van der Waals surface area contributed by atoms with E-state index in [1.165, 1.54) is 0 Å². The summed E-state index contributed by atoms with van der Waals surface area (Å²) >= 11 is 12.7. The van der Waals surface area contributed by atoms with Crippen LogP contribution in [-0.2, 0) is 15.6 Å². The van der Waals surface area contributed by atoms with E-state index in [0.29, 0.717) is 27.7 Å². The Labute approximate surface area is 231 Å². The summed E-state index contributed by atoms with van der Waals surface area (Å²) in [6.07, 6.45) is 2.04. The number of ether oxygens (including phenoxy) is 1. The highest BCUT2D eigenvalue weighted by molar-refractivity contribution is 8.00. The third-order valence-electron chi connectivity index (χ3n) is 6.44. The van der Waals surface area contributed by atoms with Gasteiger partial charge in [0, 0.05) is 50.6 Å². The molecule has 2 atom stereocenters. The van der Waals surface area contributed by atoms with Gasteiger partial charge >= 0.3 is 0 Å². The van der Waals surface area contributed by atoms with Gasteiger partial charge in [-0.25, -0.2) is 9.50 Å². The molecule has 0 spiro atoms. The maximum atomic E-state index is 13.7. The van der Waals surface area contributed by atoms with Gasteiger partial charge in [0.15, 0.2) is 5.65 Å². The van der Waals surface area contributed by atoms with Crippen LogP contribution in [-0.4, -0.2) is 47.7 Å². The fourth-order valence-electron chi connectivity index (χ4n) is 4.53. The van der Waals surface area contributed by atoms with Gasteiger partial charge in [-0.05, 0) is 38.5 Å². The lowest BCUT2D eigenvalue weighted by Gasteiger charge is -2.33. The molecule has 1 saturated heterocycles. The summed E-state index contributed by atoms with van der Waals surface area (Å²) in [6.45, 7) is 3.84. The average Bonchev–Trinajstić information content (AvgIpc) is 3.25. The van der Waals surface area contributed by atoms with Gasteiger partial charge in [-0.1, -0.05) is 53.5 Å². The highest BCUT2D eigenvalue weighted by atomic mass is 35.5. The molecule has 1 N–H and O–H groups in total. The minimum atomic E-state index is -1.53. The molecule has 2 aromatic heterocycles. The van der Waals surface area contributed by atoms with Crippen LogP contribution in [0.1, 0.15) is 37.0 Å². The Morgan fingerprint density at radius 2 is 1.89 bits per heavy atom. The summed E-state index contributed by atoms with van der Waals surface area (Å²) in [5, 5.41) is 8.35. The van der Waals surface area contributed by atoms with E-state index in [9.17, 15) is 13.8 Å². The van der Waals surface area contributed by atoms with Gasteiger partial charge in [0.1, 0.15) is 5.56 Å². The number of hydrogen-bond donors (Lipinski definition) is 1. The van der Waals surface area contributed by atoms with Crippen molar-refractivity contribution in [3.63, 3.8) is 0 Å². The van der Waals surface area contributed by atoms with E-state index in [-0.39, 0.29) is 41.0 Å². The Bertz CT molecular complexity index is 1590. The second-order valence-electron chi connectivity index (χ2n) is 9.22. The highest BCUT2D eigenvalue weighted by Crippen LogP contribution is 2.38. The van der Waals surface area contributed by atoms with E-state index in [4.69, 9.17) is 27.9 Å². The number of fused-ring (bicyclic) bond motifs is 1. The zero-order chi connectivity index (χ0) is 27.0. The smallest absolute Gasteiger partial charge is 0.261 e. The summed E-state index contributed by atoms with van der Waals surface area (Å²) in [7, 11) is -1.53. The molecule has 2 unspecified atom stereocenters. The number of benzene rings is 2. The molecule has 2 aromatic carbocycles. The number of nitrogens with zero attached hydrogens (tertiary/aromatic N) is 3. The average molecular weight is 571 g/mol. The highest BCUT2D eigenvalue weighted by Gasteiger charge is 2.38. The molecule has 1 aliphatic rings. The zero-order valence-corrected chi connectivity index (χ0v) is 23.0. The van der Waals surface area contributed by atoms with Crippen LogP contribution in [0.4, 0.5) is 0 Å². The van der Waals surface area contributed by atoms with Crippen molar-refractivity contribution in [2.45, 2.75) is 32.2 Å². The number of carbonyl (C=O) groups excluding carboxylic acids is 2. The van der Waals surface area contributed by atoms with E-state index >= 15 is 0 Å². The molecular formula is C27H24Cl2N4O4S. The Kier molecular flexibility index (Phi) is 7.26. The standard InChI is InChI=1S/C27H24Cl2N4O4S/c1-3-37-26-22(25(35)31-27(2)12-13-38(36)21(34)14-27)24-30-15-19(18-6-4-5-7-20(18)29)23(33(24)32-26)16-8-10-17(28)11-9-16/h4-11,15H,3,12-14H2,1-2H3,(H,31,35). The Hall–Kier alpha value is -3.27. The molecule has 3 heterocycles. The van der Waals surface area contributed by atoms with E-state index in [2.05, 4.69) is 15.4 Å². The summed E-state index contributed by atoms with van der Waals surface area (Å²) in [5.74, 6) is -0.173. The van der Waals surface area contributed by atoms with Crippen molar-refractivity contribution in [1.29, 1.82) is 0 Å². The van der Waals surface area contributed by atoms with Gasteiger partial charge in [0.05, 0.1) is 23.1 Å². The summed E-state index contributed by atoms with van der Waals surface area (Å²) in [4.78, 5) is 30.5. The molecule has 0 aliphatic carbocycles. The minimum absolute atomic E-state index is 0.0192. The third-order valence-corrected chi connectivity index (χ3v) is 8.25. The molecular weight excluding hydrogens is 547 g/mol. The van der Waals surface area contributed by atoms with Crippen molar-refractivity contribution in [2.75, 3.05) is 12.4 Å². The molecule has 11 heteroatoms. The molecule has 196 valence electrons. The van der Waals surface area contributed by atoms with Gasteiger partial charge in [0.25, 0.3) is 5.91 Å². The summed E-state index contributed by atoms with van der Waals surface area (Å²) < 4.78 is 19.2. The molecule has 1 amide bonds. The predicted molar refractivity (Wildman–Crippen MR) is 148 cm³/mol. The van der Waals surface area contributed by atoms with Crippen molar-refractivity contribution in [1.82, 2.24) is 19.9 Å². The first-order valence-electron chi connectivity index (χ1n) is 12.0. The molecule has 8 nitrogen and oxygen atoms in total. The summed E-state index contributed by atoms with van der Waals surface area (Å²) in [5.41, 5.74) is 2.45. The molecule has 1 fully saturated rings. The Morgan fingerprint density at radius 1 is 1.16 bits per heavy atom. The minimum Gasteiger partial charge on any atom is -0.476 e. The van der Waals surface area contributed by atoms with E-state index in [1.54, 1.807) is 42.8 Å². The van der Waals surface area contributed by atoms with Gasteiger partial charge in [-0.2, -0.15) is 0 Å². The van der Waals surface area contributed by atoms with E-state index in [1.807, 2.05) is 30.3 Å². The first-order valence-corrected chi connectivity index (χ1v) is 14.1. The molecule has 5 rings (SSSR count). The molecule has 0 bridgehead atoms. The van der Waals surface area contributed by atoms with E-state index < -0.39 is 22.2 Å². The van der Waals surface area contributed by atoms with Gasteiger partial charge < -0.3 is 10.1 Å². The second kappa shape index (κ2) is 10.5. The van der Waals surface area contributed by atoms with Gasteiger partial charge in [-0.3, -0.25) is 13.8 Å². The third kappa shape index (κ3) is 4.93. The van der Waals surface area contributed by atoms with Crippen LogP contribution < -0.4 is 10.1 Å². The molecule has 4 aromatic rings. The Balaban J connectivity index is 1.70. The number of nitrogens with one attached hydrogen (secondary N) is 1. The fourth-order valence-corrected chi connectivity index (χ4v) is 6.23. The number of amides is 1. The molecule has 0 radical (unpaired) electrons. The predicted octanol–water partition coefficient (Wildman–Crippen LogP) is 5.33. The van der Waals surface area contributed by atoms with Crippen LogP contribution in [0.5, 0.6) is 5.88 Å². The molecule has 1 aliphatic heterocycles. The Morgan fingerprint density at radius 3 is 2.58 bits per heavy atom. The molecule has 0 saturated carbocycles. The fraction of sp³-hybridized carbons (Fsp3) is 0.259. The van der Waals surface area contributed by atoms with E-state index in [0.717, 1.165) is 11.1 Å². The van der Waals surface area contributed by atoms with Crippen molar-refractivity contribution in [3.8, 4) is 28.3 Å². The van der Waals surface area contributed by atoms with Crippen molar-refractivity contribution >= 4 is 50.7 Å². The summed E-state index contributed by atoms with van der Waals surface area (Å²) in [6, 6.07) is 14.6. The molecule has 38 heavy (non-hydrogen) atoms. The zero-order valence-electron chi connectivity index (χ0n) is 20.7. The lowest BCUT2D eigenvalue weighted by Crippen LogP contribution is -2.51. The number of aromatic nitrogens is 3. The van der Waals surface area contributed by atoms with Gasteiger partial charge in [-0.15, -0.1) is 5.10 Å². The van der Waals surface area contributed by atoms with Gasteiger partial charge in [0.2, 0.25) is 11.0 Å². The quantitative estimate of drug-likeness (QED) is 0.336. The van der Waals surface area contributed by atoms with Crippen molar-refractivity contribution in [2.24, 2.45) is 0 Å². The van der Waals surface area contributed by atoms with Crippen molar-refractivity contribution in [3.05, 3.63) is 70.3 Å². The largest absolute Gasteiger partial charge is 0.476 e. The van der Waals surface area contributed by atoms with Crippen LogP contribution in [0.3, 0.4) is 0 Å². The van der Waals surface area contributed by atoms with Crippen LogP contribution in [0.25, 0.3) is 28.0 Å². The normalized spacial score (nSPS) is 19.5. The number of halogens is 2.